The van der Waals surface area contributed by atoms with Gasteiger partial charge in [-0.3, -0.25) is 4.57 Å². The quantitative estimate of drug-likeness (QED) is 0.648. The van der Waals surface area contributed by atoms with E-state index in [1.165, 1.54) is 5.56 Å². The molecule has 3 aromatic rings. The average molecular weight is 327 g/mol. The molecule has 0 radical (unpaired) electrons. The fourth-order valence-electron chi connectivity index (χ4n) is 2.19. The van der Waals surface area contributed by atoms with Crippen molar-refractivity contribution in [3.8, 4) is 17.2 Å². The first kappa shape index (κ1) is 15.4. The smallest absolute Gasteiger partial charge is 0.196 e. The van der Waals surface area contributed by atoms with Gasteiger partial charge in [-0.1, -0.05) is 36.0 Å². The predicted molar refractivity (Wildman–Crippen MR) is 90.5 cm³/mol. The summed E-state index contributed by atoms with van der Waals surface area (Å²) in [7, 11) is 3.33. The van der Waals surface area contributed by atoms with Gasteiger partial charge in [-0.25, -0.2) is 0 Å². The van der Waals surface area contributed by atoms with Crippen molar-refractivity contribution < 1.29 is 9.47 Å². The van der Waals surface area contributed by atoms with E-state index >= 15 is 0 Å². The largest absolute Gasteiger partial charge is 0.497 e. The van der Waals surface area contributed by atoms with Crippen LogP contribution in [0, 0.1) is 0 Å². The molecule has 0 bridgehead atoms. The van der Waals surface area contributed by atoms with E-state index in [2.05, 4.69) is 22.3 Å². The maximum Gasteiger partial charge on any atom is 0.196 e. The summed E-state index contributed by atoms with van der Waals surface area (Å²) in [6.45, 7) is 0. The number of ether oxygens (including phenoxy) is 2. The zero-order valence-corrected chi connectivity index (χ0v) is 13.8. The van der Waals surface area contributed by atoms with Crippen molar-refractivity contribution in [1.82, 2.24) is 14.8 Å². The molecule has 0 fully saturated rings. The van der Waals surface area contributed by atoms with Crippen LogP contribution in [0.2, 0.25) is 0 Å². The number of hydrogen-bond acceptors (Lipinski definition) is 5. The Morgan fingerprint density at radius 1 is 1.00 bits per heavy atom. The lowest BCUT2D eigenvalue weighted by atomic mass is 10.2. The van der Waals surface area contributed by atoms with Gasteiger partial charge in [-0.2, -0.15) is 0 Å². The Labute approximate surface area is 139 Å². The summed E-state index contributed by atoms with van der Waals surface area (Å²) in [5.41, 5.74) is 2.13. The van der Waals surface area contributed by atoms with Gasteiger partial charge >= 0.3 is 0 Å². The lowest BCUT2D eigenvalue weighted by Gasteiger charge is -2.10. The van der Waals surface area contributed by atoms with Crippen LogP contribution in [0.25, 0.3) is 5.69 Å². The molecule has 118 valence electrons. The lowest BCUT2D eigenvalue weighted by molar-refractivity contribution is 0.412. The summed E-state index contributed by atoms with van der Waals surface area (Å²) in [5, 5.41) is 9.07. The van der Waals surface area contributed by atoms with Crippen LogP contribution in [-0.2, 0) is 5.75 Å². The first-order valence-electron chi connectivity index (χ1n) is 7.11. The van der Waals surface area contributed by atoms with Crippen LogP contribution in [-0.4, -0.2) is 29.0 Å². The Morgan fingerprint density at radius 2 is 1.78 bits per heavy atom. The van der Waals surface area contributed by atoms with E-state index in [-0.39, 0.29) is 0 Å². The second kappa shape index (κ2) is 7.19. The topological polar surface area (TPSA) is 49.2 Å². The molecule has 0 aliphatic heterocycles. The number of nitrogens with zero attached hydrogens (tertiary/aromatic N) is 3. The minimum atomic E-state index is 0.790. The Morgan fingerprint density at radius 3 is 2.52 bits per heavy atom. The number of para-hydroxylation sites is 2. The molecule has 0 amide bonds. The molecule has 5 nitrogen and oxygen atoms in total. The molecular weight excluding hydrogens is 310 g/mol. The normalized spacial score (nSPS) is 10.5. The van der Waals surface area contributed by atoms with Gasteiger partial charge in [-0.05, 0) is 29.8 Å². The van der Waals surface area contributed by atoms with Crippen molar-refractivity contribution in [3.05, 3.63) is 60.4 Å². The first-order valence-corrected chi connectivity index (χ1v) is 8.09. The molecule has 0 saturated heterocycles. The molecule has 0 aliphatic rings. The maximum absolute atomic E-state index is 5.41. The molecule has 0 aliphatic carbocycles. The van der Waals surface area contributed by atoms with Crippen LogP contribution in [0.3, 0.4) is 0 Å². The van der Waals surface area contributed by atoms with Crippen molar-refractivity contribution >= 4 is 11.8 Å². The summed E-state index contributed by atoms with van der Waals surface area (Å²) in [6, 6.07) is 15.8. The van der Waals surface area contributed by atoms with E-state index in [0.717, 1.165) is 28.1 Å². The van der Waals surface area contributed by atoms with E-state index in [1.54, 1.807) is 32.3 Å². The van der Waals surface area contributed by atoms with Gasteiger partial charge in [-0.15, -0.1) is 10.2 Å². The van der Waals surface area contributed by atoms with Crippen LogP contribution in [0.4, 0.5) is 0 Å². The van der Waals surface area contributed by atoms with Gasteiger partial charge in [0.2, 0.25) is 0 Å². The van der Waals surface area contributed by atoms with E-state index in [4.69, 9.17) is 9.47 Å². The molecule has 0 atom stereocenters. The highest BCUT2D eigenvalue weighted by Gasteiger charge is 2.11. The van der Waals surface area contributed by atoms with Crippen LogP contribution in [0.1, 0.15) is 5.56 Å². The van der Waals surface area contributed by atoms with Crippen molar-refractivity contribution in [1.29, 1.82) is 0 Å². The number of benzene rings is 2. The molecule has 0 spiro atoms. The summed E-state index contributed by atoms with van der Waals surface area (Å²) in [6.07, 6.45) is 1.70. The second-order valence-electron chi connectivity index (χ2n) is 4.79. The number of thioether (sulfide) groups is 1. The summed E-state index contributed by atoms with van der Waals surface area (Å²) in [4.78, 5) is 0. The van der Waals surface area contributed by atoms with Crippen LogP contribution in [0.5, 0.6) is 11.5 Å². The highest BCUT2D eigenvalue weighted by Crippen LogP contribution is 2.28. The molecule has 0 unspecified atom stereocenters. The van der Waals surface area contributed by atoms with Crippen molar-refractivity contribution in [3.63, 3.8) is 0 Å². The third kappa shape index (κ3) is 3.48. The molecule has 0 N–H and O–H groups in total. The van der Waals surface area contributed by atoms with Crippen molar-refractivity contribution in [2.45, 2.75) is 10.9 Å². The fourth-order valence-corrected chi connectivity index (χ4v) is 3.06. The van der Waals surface area contributed by atoms with Crippen molar-refractivity contribution in [2.75, 3.05) is 14.2 Å². The van der Waals surface area contributed by atoms with Gasteiger partial charge in [0.1, 0.15) is 17.8 Å². The number of aromatic nitrogens is 3. The Balaban J connectivity index is 1.78. The number of hydrogen-bond donors (Lipinski definition) is 0. The fraction of sp³-hybridized carbons (Fsp3) is 0.176. The summed E-state index contributed by atoms with van der Waals surface area (Å²) in [5.74, 6) is 2.45. The highest BCUT2D eigenvalue weighted by atomic mass is 32.2. The minimum Gasteiger partial charge on any atom is -0.497 e. The Bertz CT molecular complexity index is 772. The van der Waals surface area contributed by atoms with Gasteiger partial charge in [0.25, 0.3) is 0 Å². The molecule has 1 heterocycles. The van der Waals surface area contributed by atoms with Gasteiger partial charge in [0, 0.05) is 5.75 Å². The molecule has 6 heteroatoms. The maximum atomic E-state index is 5.41. The Kier molecular flexibility index (Phi) is 4.83. The SMILES string of the molecule is COc1ccc(CSc2nncn2-c2ccccc2OC)cc1. The molecule has 0 saturated carbocycles. The monoisotopic (exact) mass is 327 g/mol. The average Bonchev–Trinajstić information content (AvgIpc) is 3.08. The zero-order valence-electron chi connectivity index (χ0n) is 13.0. The van der Waals surface area contributed by atoms with E-state index in [1.807, 2.05) is 41.0 Å². The second-order valence-corrected chi connectivity index (χ2v) is 5.73. The van der Waals surface area contributed by atoms with E-state index in [0.29, 0.717) is 0 Å². The lowest BCUT2D eigenvalue weighted by Crippen LogP contribution is -1.98. The Hall–Kier alpha value is -2.47. The molecule has 23 heavy (non-hydrogen) atoms. The standard InChI is InChI=1S/C17H17N3O2S/c1-21-14-9-7-13(8-10-14)11-23-17-19-18-12-20(17)15-5-3-4-6-16(15)22-2/h3-10,12H,11H2,1-2H3. The summed E-state index contributed by atoms with van der Waals surface area (Å²) >= 11 is 1.63. The van der Waals surface area contributed by atoms with Crippen LogP contribution >= 0.6 is 11.8 Å². The van der Waals surface area contributed by atoms with Crippen molar-refractivity contribution in [2.24, 2.45) is 0 Å². The molecular formula is C17H17N3O2S. The third-order valence-corrected chi connectivity index (χ3v) is 4.40. The zero-order chi connectivity index (χ0) is 16.1. The highest BCUT2D eigenvalue weighted by molar-refractivity contribution is 7.98. The minimum absolute atomic E-state index is 0.790. The van der Waals surface area contributed by atoms with Gasteiger partial charge < -0.3 is 9.47 Å². The van der Waals surface area contributed by atoms with Crippen LogP contribution < -0.4 is 9.47 Å². The summed E-state index contributed by atoms with van der Waals surface area (Å²) < 4.78 is 12.5. The van der Waals surface area contributed by atoms with E-state index < -0.39 is 0 Å². The number of rotatable bonds is 6. The predicted octanol–water partition coefficient (Wildman–Crippen LogP) is 3.58. The van der Waals surface area contributed by atoms with Gasteiger partial charge in [0.15, 0.2) is 5.16 Å². The molecule has 2 aromatic carbocycles. The van der Waals surface area contributed by atoms with Crippen LogP contribution in [0.15, 0.2) is 60.0 Å². The van der Waals surface area contributed by atoms with E-state index in [9.17, 15) is 0 Å². The van der Waals surface area contributed by atoms with Gasteiger partial charge in [0.05, 0.1) is 19.9 Å². The third-order valence-electron chi connectivity index (χ3n) is 3.39. The molecule has 1 aromatic heterocycles. The molecule has 3 rings (SSSR count). The first-order chi connectivity index (χ1) is 11.3. The number of methoxy groups -OCH3 is 2.